The summed E-state index contributed by atoms with van der Waals surface area (Å²) in [5, 5.41) is 3.00. The summed E-state index contributed by atoms with van der Waals surface area (Å²) in [6.07, 6.45) is 0. The maximum absolute atomic E-state index is 12.5. The van der Waals surface area contributed by atoms with Crippen molar-refractivity contribution in [1.82, 2.24) is 0 Å². The van der Waals surface area contributed by atoms with Gasteiger partial charge in [-0.25, -0.2) is 0 Å². The number of hydrogen-bond donors (Lipinski definition) is 1. The number of amides is 1. The molecule has 0 atom stereocenters. The van der Waals surface area contributed by atoms with Crippen LogP contribution in [-0.4, -0.2) is 39.3 Å². The first-order chi connectivity index (χ1) is 11.3. The Morgan fingerprint density at radius 3 is 2.57 bits per heavy atom. The number of methoxy groups -OCH3 is 1. The van der Waals surface area contributed by atoms with Crippen molar-refractivity contribution >= 4 is 17.3 Å². The van der Waals surface area contributed by atoms with E-state index in [4.69, 9.17) is 9.47 Å². The first-order valence-electron chi connectivity index (χ1n) is 7.65. The lowest BCUT2D eigenvalue weighted by Gasteiger charge is -2.30. The Hall–Kier alpha value is -2.53. The molecule has 0 saturated carbocycles. The lowest BCUT2D eigenvalue weighted by Crippen LogP contribution is -2.36. The van der Waals surface area contributed by atoms with E-state index in [-0.39, 0.29) is 5.91 Å². The van der Waals surface area contributed by atoms with Gasteiger partial charge in [0, 0.05) is 24.7 Å². The van der Waals surface area contributed by atoms with Gasteiger partial charge in [-0.15, -0.1) is 0 Å². The molecule has 1 aliphatic heterocycles. The number of nitrogens with zero attached hydrogens (tertiary/aromatic N) is 1. The van der Waals surface area contributed by atoms with Gasteiger partial charge >= 0.3 is 0 Å². The first-order valence-corrected chi connectivity index (χ1v) is 7.65. The Kier molecular flexibility index (Phi) is 4.78. The molecule has 23 heavy (non-hydrogen) atoms. The lowest BCUT2D eigenvalue weighted by atomic mass is 10.2. The zero-order valence-electron chi connectivity index (χ0n) is 13.1. The topological polar surface area (TPSA) is 50.8 Å². The maximum atomic E-state index is 12.5. The van der Waals surface area contributed by atoms with Gasteiger partial charge in [-0.2, -0.15) is 0 Å². The van der Waals surface area contributed by atoms with Crippen LogP contribution in [0.25, 0.3) is 0 Å². The summed E-state index contributed by atoms with van der Waals surface area (Å²) >= 11 is 0. The number of anilines is 2. The summed E-state index contributed by atoms with van der Waals surface area (Å²) in [5.74, 6) is 0.582. The smallest absolute Gasteiger partial charge is 0.255 e. The molecule has 0 unspecified atom stereocenters. The number of rotatable bonds is 4. The minimum absolute atomic E-state index is 0.131. The fourth-order valence-corrected chi connectivity index (χ4v) is 2.61. The molecule has 5 nitrogen and oxygen atoms in total. The maximum Gasteiger partial charge on any atom is 0.255 e. The Balaban J connectivity index is 1.87. The average Bonchev–Trinajstić information content (AvgIpc) is 2.63. The SMILES string of the molecule is COc1ccc(N2CCOCC2)c(NC(=O)c2ccccc2)c1. The van der Waals surface area contributed by atoms with Gasteiger partial charge in [0.05, 0.1) is 31.7 Å². The molecule has 0 spiro atoms. The molecule has 3 rings (SSSR count). The summed E-state index contributed by atoms with van der Waals surface area (Å²) in [4.78, 5) is 14.7. The van der Waals surface area contributed by atoms with Crippen molar-refractivity contribution in [2.45, 2.75) is 0 Å². The van der Waals surface area contributed by atoms with Crippen LogP contribution in [-0.2, 0) is 4.74 Å². The second-order valence-electron chi connectivity index (χ2n) is 5.30. The Morgan fingerprint density at radius 2 is 1.87 bits per heavy atom. The van der Waals surface area contributed by atoms with Gasteiger partial charge in [-0.3, -0.25) is 4.79 Å². The molecule has 1 fully saturated rings. The second kappa shape index (κ2) is 7.15. The van der Waals surface area contributed by atoms with Crippen LogP contribution in [0.1, 0.15) is 10.4 Å². The molecular formula is C18H20N2O3. The van der Waals surface area contributed by atoms with Crippen molar-refractivity contribution < 1.29 is 14.3 Å². The van der Waals surface area contributed by atoms with Crippen LogP contribution >= 0.6 is 0 Å². The van der Waals surface area contributed by atoms with E-state index in [9.17, 15) is 4.79 Å². The number of morpholine rings is 1. The van der Waals surface area contributed by atoms with Gasteiger partial charge < -0.3 is 19.7 Å². The third-order valence-electron chi connectivity index (χ3n) is 3.84. The van der Waals surface area contributed by atoms with E-state index in [1.807, 2.05) is 36.4 Å². The molecule has 0 aromatic heterocycles. The van der Waals surface area contributed by atoms with Gasteiger partial charge in [-0.05, 0) is 24.3 Å². The quantitative estimate of drug-likeness (QED) is 0.943. The predicted molar refractivity (Wildman–Crippen MR) is 90.4 cm³/mol. The molecule has 1 saturated heterocycles. The number of nitrogens with one attached hydrogen (secondary N) is 1. The van der Waals surface area contributed by atoms with E-state index >= 15 is 0 Å². The van der Waals surface area contributed by atoms with E-state index < -0.39 is 0 Å². The molecule has 5 heteroatoms. The van der Waals surface area contributed by atoms with Gasteiger partial charge in [-0.1, -0.05) is 18.2 Å². The minimum Gasteiger partial charge on any atom is -0.497 e. The highest BCUT2D eigenvalue weighted by molar-refractivity contribution is 6.06. The summed E-state index contributed by atoms with van der Waals surface area (Å²) < 4.78 is 10.7. The average molecular weight is 312 g/mol. The Morgan fingerprint density at radius 1 is 1.13 bits per heavy atom. The van der Waals surface area contributed by atoms with Crippen LogP contribution in [0.3, 0.4) is 0 Å². The fourth-order valence-electron chi connectivity index (χ4n) is 2.61. The lowest BCUT2D eigenvalue weighted by molar-refractivity contribution is 0.102. The fraction of sp³-hybridized carbons (Fsp3) is 0.278. The highest BCUT2D eigenvalue weighted by atomic mass is 16.5. The molecule has 120 valence electrons. The standard InChI is InChI=1S/C18H20N2O3/c1-22-15-7-8-17(20-9-11-23-12-10-20)16(13-15)19-18(21)14-5-3-2-4-6-14/h2-8,13H,9-12H2,1H3,(H,19,21). The summed E-state index contributed by atoms with van der Waals surface area (Å²) in [6, 6.07) is 14.9. The molecule has 0 radical (unpaired) electrons. The van der Waals surface area contributed by atoms with Crippen molar-refractivity contribution in [3.63, 3.8) is 0 Å². The molecule has 1 aliphatic rings. The molecular weight excluding hydrogens is 292 g/mol. The van der Waals surface area contributed by atoms with Gasteiger partial charge in [0.25, 0.3) is 5.91 Å². The number of ether oxygens (including phenoxy) is 2. The second-order valence-corrected chi connectivity index (χ2v) is 5.30. The minimum atomic E-state index is -0.131. The zero-order chi connectivity index (χ0) is 16.1. The van der Waals surface area contributed by atoms with E-state index in [2.05, 4.69) is 10.2 Å². The predicted octanol–water partition coefficient (Wildman–Crippen LogP) is 2.78. The molecule has 2 aromatic carbocycles. The monoisotopic (exact) mass is 312 g/mol. The summed E-state index contributed by atoms with van der Waals surface area (Å²) in [7, 11) is 1.62. The number of carbonyl (C=O) groups is 1. The van der Waals surface area contributed by atoms with E-state index in [0.29, 0.717) is 24.5 Å². The van der Waals surface area contributed by atoms with E-state index in [1.165, 1.54) is 0 Å². The van der Waals surface area contributed by atoms with Crippen molar-refractivity contribution in [3.8, 4) is 5.75 Å². The first kappa shape index (κ1) is 15.4. The molecule has 0 aliphatic carbocycles. The van der Waals surface area contributed by atoms with Crippen LogP contribution in [0.15, 0.2) is 48.5 Å². The van der Waals surface area contributed by atoms with E-state index in [1.54, 1.807) is 19.2 Å². The number of carbonyl (C=O) groups excluding carboxylic acids is 1. The van der Waals surface area contributed by atoms with Crippen LogP contribution in [0, 0.1) is 0 Å². The van der Waals surface area contributed by atoms with Crippen molar-refractivity contribution in [3.05, 3.63) is 54.1 Å². The third-order valence-corrected chi connectivity index (χ3v) is 3.84. The molecule has 1 amide bonds. The van der Waals surface area contributed by atoms with Crippen LogP contribution in [0.5, 0.6) is 5.75 Å². The Labute approximate surface area is 135 Å². The molecule has 1 heterocycles. The normalized spacial score (nSPS) is 14.4. The van der Waals surface area contributed by atoms with E-state index in [0.717, 1.165) is 24.5 Å². The highest BCUT2D eigenvalue weighted by Gasteiger charge is 2.17. The largest absolute Gasteiger partial charge is 0.497 e. The van der Waals surface area contributed by atoms with Gasteiger partial charge in [0.2, 0.25) is 0 Å². The van der Waals surface area contributed by atoms with Crippen LogP contribution in [0.2, 0.25) is 0 Å². The Bertz CT molecular complexity index is 667. The van der Waals surface area contributed by atoms with Crippen molar-refractivity contribution in [1.29, 1.82) is 0 Å². The van der Waals surface area contributed by atoms with Crippen molar-refractivity contribution in [2.24, 2.45) is 0 Å². The van der Waals surface area contributed by atoms with Crippen LogP contribution in [0.4, 0.5) is 11.4 Å². The van der Waals surface area contributed by atoms with Gasteiger partial charge in [0.1, 0.15) is 5.75 Å². The number of hydrogen-bond acceptors (Lipinski definition) is 4. The summed E-state index contributed by atoms with van der Waals surface area (Å²) in [5.41, 5.74) is 2.36. The molecule has 2 aromatic rings. The summed E-state index contributed by atoms with van der Waals surface area (Å²) in [6.45, 7) is 3.00. The highest BCUT2D eigenvalue weighted by Crippen LogP contribution is 2.31. The van der Waals surface area contributed by atoms with Crippen molar-refractivity contribution in [2.75, 3.05) is 43.6 Å². The molecule has 1 N–H and O–H groups in total. The molecule has 0 bridgehead atoms. The van der Waals surface area contributed by atoms with Crippen LogP contribution < -0.4 is 15.0 Å². The number of benzene rings is 2. The van der Waals surface area contributed by atoms with Gasteiger partial charge in [0.15, 0.2) is 0 Å². The zero-order valence-corrected chi connectivity index (χ0v) is 13.1. The third kappa shape index (κ3) is 3.63.